The van der Waals surface area contributed by atoms with Crippen LogP contribution in [0.25, 0.3) is 0 Å². The summed E-state index contributed by atoms with van der Waals surface area (Å²) in [5.74, 6) is 3.88. The monoisotopic (exact) mass is 377 g/mol. The van der Waals surface area contributed by atoms with E-state index in [2.05, 4.69) is 82.7 Å². The summed E-state index contributed by atoms with van der Waals surface area (Å²) in [5, 5.41) is 0. The largest absolute Gasteiger partial charge is 0.300 e. The lowest BCUT2D eigenvalue weighted by atomic mass is 9.64. The quantitative estimate of drug-likeness (QED) is 0.253. The van der Waals surface area contributed by atoms with Crippen LogP contribution >= 0.6 is 0 Å². The van der Waals surface area contributed by atoms with E-state index in [0.29, 0.717) is 24.0 Å². The Morgan fingerprint density at radius 3 is 2.64 bits per heavy atom. The van der Waals surface area contributed by atoms with Crippen molar-refractivity contribution in [2.75, 3.05) is 0 Å². The first-order chi connectivity index (χ1) is 13.5. The minimum absolute atomic E-state index is 0.301. The highest BCUT2D eigenvalue weighted by molar-refractivity contribution is 6.53. The molecular weight excluding hydrogens is 339 g/mol. The molecule has 0 heterocycles. The molecule has 1 aliphatic carbocycles. The molecule has 5 atom stereocenters. The molecule has 151 valence electrons. The molecule has 0 amide bonds. The third-order valence-corrected chi connectivity index (χ3v) is 6.29. The first kappa shape index (κ1) is 22.7. The van der Waals surface area contributed by atoms with Gasteiger partial charge in [-0.15, -0.1) is 0 Å². The third kappa shape index (κ3) is 7.82. The summed E-state index contributed by atoms with van der Waals surface area (Å²) in [5.41, 5.74) is 1.32. The first-order valence-corrected chi connectivity index (χ1v) is 11.2. The molecule has 1 aromatic carbocycles. The molecule has 1 aromatic rings. The van der Waals surface area contributed by atoms with Gasteiger partial charge in [0.2, 0.25) is 0 Å². The number of hydrogen-bond donors (Lipinski definition) is 0. The van der Waals surface area contributed by atoms with Crippen LogP contribution < -0.4 is 5.46 Å². The van der Waals surface area contributed by atoms with Crippen LogP contribution in [-0.2, 0) is 4.79 Å². The Morgan fingerprint density at radius 2 is 1.93 bits per heavy atom. The summed E-state index contributed by atoms with van der Waals surface area (Å²) in [7, 11) is 2.34. The molecule has 1 aliphatic rings. The molecule has 2 rings (SSSR count). The molecule has 2 heteroatoms. The Morgan fingerprint density at radius 1 is 1.18 bits per heavy atom. The van der Waals surface area contributed by atoms with Crippen LogP contribution in [0, 0.1) is 29.6 Å². The molecule has 28 heavy (non-hydrogen) atoms. The molecule has 0 saturated heterocycles. The van der Waals surface area contributed by atoms with E-state index < -0.39 is 0 Å². The van der Waals surface area contributed by atoms with Crippen LogP contribution in [0.5, 0.6) is 0 Å². The van der Waals surface area contributed by atoms with Gasteiger partial charge in [-0.1, -0.05) is 87.2 Å². The van der Waals surface area contributed by atoms with E-state index in [1.165, 1.54) is 18.3 Å². The lowest BCUT2D eigenvalue weighted by Gasteiger charge is -2.21. The third-order valence-electron chi connectivity index (χ3n) is 6.29. The molecule has 0 aliphatic heterocycles. The van der Waals surface area contributed by atoms with E-state index in [9.17, 15) is 4.79 Å². The van der Waals surface area contributed by atoms with Crippen molar-refractivity contribution < 1.29 is 4.79 Å². The number of ketones is 1. The van der Waals surface area contributed by atoms with E-state index in [0.717, 1.165) is 36.9 Å². The molecule has 1 saturated carbocycles. The second-order valence-electron chi connectivity index (χ2n) is 8.95. The number of unbranched alkanes of at least 4 members (excludes halogenated alkanes) is 1. The number of benzene rings is 1. The normalized spacial score (nSPS) is 26.1. The standard InChI is InChI=1S/C26H38BO/c1-20(19-27-24-13-9-7-10-14-24)16-17-26-22(3)18-21(2)25(26)15-11-6-5-8-12-23(4)28/h6-7,9-11,13-14,16-17,20-22,25-26H,5,8,12,15,18-19H2,1-4H3/t20-,21+,22-,25+,26+/m1/s1. The first-order valence-electron chi connectivity index (χ1n) is 11.2. The van der Waals surface area contributed by atoms with Gasteiger partial charge in [0.1, 0.15) is 5.78 Å². The fourth-order valence-electron chi connectivity index (χ4n) is 4.59. The maximum Gasteiger partial charge on any atom is 0.152 e. The second-order valence-corrected chi connectivity index (χ2v) is 8.95. The van der Waals surface area contributed by atoms with Crippen LogP contribution in [0.4, 0.5) is 0 Å². The minimum Gasteiger partial charge on any atom is -0.300 e. The van der Waals surface area contributed by atoms with Crippen molar-refractivity contribution in [3.8, 4) is 0 Å². The molecule has 1 radical (unpaired) electrons. The summed E-state index contributed by atoms with van der Waals surface area (Å²) < 4.78 is 0. The number of Topliss-reactive ketones (excluding diaryl/α,β-unsaturated/α-hetero) is 1. The van der Waals surface area contributed by atoms with Gasteiger partial charge in [-0.25, -0.2) is 0 Å². The zero-order chi connectivity index (χ0) is 20.4. The van der Waals surface area contributed by atoms with Crippen LogP contribution in [0.2, 0.25) is 6.32 Å². The van der Waals surface area contributed by atoms with Gasteiger partial charge < -0.3 is 4.79 Å². The highest BCUT2D eigenvalue weighted by atomic mass is 16.1. The van der Waals surface area contributed by atoms with Crippen molar-refractivity contribution in [3.63, 3.8) is 0 Å². The van der Waals surface area contributed by atoms with E-state index >= 15 is 0 Å². The van der Waals surface area contributed by atoms with Gasteiger partial charge in [0, 0.05) is 6.42 Å². The van der Waals surface area contributed by atoms with E-state index in [4.69, 9.17) is 0 Å². The zero-order valence-corrected chi connectivity index (χ0v) is 18.3. The second kappa shape index (κ2) is 12.1. The molecule has 0 aromatic heterocycles. The average molecular weight is 377 g/mol. The van der Waals surface area contributed by atoms with Gasteiger partial charge in [-0.3, -0.25) is 0 Å². The van der Waals surface area contributed by atoms with Gasteiger partial charge >= 0.3 is 0 Å². The lowest BCUT2D eigenvalue weighted by molar-refractivity contribution is -0.117. The Balaban J connectivity index is 1.82. The van der Waals surface area contributed by atoms with Gasteiger partial charge in [-0.2, -0.15) is 0 Å². The van der Waals surface area contributed by atoms with Crippen LogP contribution in [0.15, 0.2) is 54.6 Å². The fourth-order valence-corrected chi connectivity index (χ4v) is 4.59. The molecule has 1 nitrogen and oxygen atoms in total. The van der Waals surface area contributed by atoms with Gasteiger partial charge in [0.25, 0.3) is 0 Å². The van der Waals surface area contributed by atoms with Crippen molar-refractivity contribution in [2.45, 2.75) is 66.1 Å². The maximum absolute atomic E-state index is 11.0. The smallest absolute Gasteiger partial charge is 0.152 e. The molecule has 0 spiro atoms. The molecule has 0 unspecified atom stereocenters. The molecule has 1 fully saturated rings. The van der Waals surface area contributed by atoms with Crippen molar-refractivity contribution in [2.24, 2.45) is 29.6 Å². The number of carbonyl (C=O) groups excluding carboxylic acids is 1. The summed E-state index contributed by atoms with van der Waals surface area (Å²) >= 11 is 0. The predicted molar refractivity (Wildman–Crippen MR) is 123 cm³/mol. The van der Waals surface area contributed by atoms with E-state index in [1.54, 1.807) is 6.92 Å². The number of allylic oxidation sites excluding steroid dienone is 4. The van der Waals surface area contributed by atoms with Gasteiger partial charge in [0.15, 0.2) is 7.28 Å². The van der Waals surface area contributed by atoms with Crippen molar-refractivity contribution in [1.29, 1.82) is 0 Å². The average Bonchev–Trinajstić information content (AvgIpc) is 2.94. The molecule has 0 bridgehead atoms. The lowest BCUT2D eigenvalue weighted by Crippen LogP contribution is -2.16. The molecular formula is C26H38BO. The fraction of sp³-hybridized carbons (Fsp3) is 0.577. The van der Waals surface area contributed by atoms with E-state index in [1.807, 2.05) is 0 Å². The zero-order valence-electron chi connectivity index (χ0n) is 18.3. The SMILES string of the molecule is CC(=O)CCCC=CC[C@@H]1[C@@H](C=C[C@@H](C)C[B]c2ccccc2)[C@H](C)C[C@@H]1C. The Labute approximate surface area is 173 Å². The number of carbonyl (C=O) groups is 1. The predicted octanol–water partition coefficient (Wildman–Crippen LogP) is 6.24. The van der Waals surface area contributed by atoms with Crippen LogP contribution in [0.3, 0.4) is 0 Å². The Kier molecular flexibility index (Phi) is 9.81. The van der Waals surface area contributed by atoms with Crippen LogP contribution in [-0.4, -0.2) is 13.1 Å². The molecule has 0 N–H and O–H groups in total. The summed E-state index contributed by atoms with van der Waals surface area (Å²) in [6.45, 7) is 8.85. The highest BCUT2D eigenvalue weighted by Gasteiger charge is 2.36. The minimum atomic E-state index is 0.301. The topological polar surface area (TPSA) is 17.1 Å². The summed E-state index contributed by atoms with van der Waals surface area (Å²) in [4.78, 5) is 11.0. The maximum atomic E-state index is 11.0. The summed E-state index contributed by atoms with van der Waals surface area (Å²) in [6.07, 6.45) is 16.0. The summed E-state index contributed by atoms with van der Waals surface area (Å²) in [6, 6.07) is 10.6. The van der Waals surface area contributed by atoms with Gasteiger partial charge in [0.05, 0.1) is 0 Å². The van der Waals surface area contributed by atoms with Crippen molar-refractivity contribution >= 4 is 18.5 Å². The Hall–Kier alpha value is -1.57. The Bertz CT molecular complexity index is 633. The van der Waals surface area contributed by atoms with Crippen LogP contribution in [0.1, 0.15) is 59.8 Å². The van der Waals surface area contributed by atoms with Crippen molar-refractivity contribution in [3.05, 3.63) is 54.6 Å². The number of hydrogen-bond acceptors (Lipinski definition) is 1. The van der Waals surface area contributed by atoms with Gasteiger partial charge in [-0.05, 0) is 62.2 Å². The highest BCUT2D eigenvalue weighted by Crippen LogP contribution is 2.44. The number of rotatable bonds is 11. The van der Waals surface area contributed by atoms with Crippen molar-refractivity contribution in [1.82, 2.24) is 0 Å². The van der Waals surface area contributed by atoms with E-state index in [-0.39, 0.29) is 0 Å².